The highest BCUT2D eigenvalue weighted by Crippen LogP contribution is 2.52. The fourth-order valence-electron chi connectivity index (χ4n) is 5.00. The van der Waals surface area contributed by atoms with Crippen LogP contribution in [0.5, 0.6) is 0 Å². The van der Waals surface area contributed by atoms with Crippen LogP contribution in [0.2, 0.25) is 5.02 Å². The Morgan fingerprint density at radius 1 is 1.28 bits per heavy atom. The molecular formula is C20H23ClN2O2. The van der Waals surface area contributed by atoms with Crippen LogP contribution in [0.3, 0.4) is 0 Å². The molecule has 0 unspecified atom stereocenters. The van der Waals surface area contributed by atoms with Gasteiger partial charge in [-0.2, -0.15) is 0 Å². The Balaban J connectivity index is 1.58. The fraction of sp³-hybridized carbons (Fsp3) is 0.500. The number of hydrogen-bond acceptors (Lipinski definition) is 3. The van der Waals surface area contributed by atoms with E-state index in [1.54, 1.807) is 12.1 Å². The summed E-state index contributed by atoms with van der Waals surface area (Å²) in [5.41, 5.74) is 1.69. The first-order valence-corrected chi connectivity index (χ1v) is 9.16. The molecule has 2 fully saturated rings. The molecule has 2 heterocycles. The van der Waals surface area contributed by atoms with Crippen LogP contribution in [0.15, 0.2) is 34.9 Å². The van der Waals surface area contributed by atoms with Gasteiger partial charge in [0.25, 0.3) is 5.91 Å². The number of carbonyl (C=O) groups is 1. The second kappa shape index (κ2) is 5.60. The molecule has 2 aromatic rings. The van der Waals surface area contributed by atoms with Crippen LogP contribution in [0, 0.1) is 10.8 Å². The summed E-state index contributed by atoms with van der Waals surface area (Å²) in [7, 11) is 0. The Labute approximate surface area is 153 Å². The maximum atomic E-state index is 13.0. The van der Waals surface area contributed by atoms with E-state index in [1.807, 2.05) is 23.1 Å². The summed E-state index contributed by atoms with van der Waals surface area (Å²) in [6.07, 6.45) is 3.29. The molecule has 0 N–H and O–H groups in total. The first kappa shape index (κ1) is 16.6. The minimum atomic E-state index is -0.0246. The molecule has 2 atom stereocenters. The van der Waals surface area contributed by atoms with Crippen molar-refractivity contribution in [3.63, 3.8) is 0 Å². The number of benzene rings is 1. The molecule has 2 aliphatic rings. The van der Waals surface area contributed by atoms with Gasteiger partial charge in [0, 0.05) is 29.2 Å². The molecule has 1 amide bonds. The van der Waals surface area contributed by atoms with Crippen molar-refractivity contribution >= 4 is 17.5 Å². The minimum absolute atomic E-state index is 0.0246. The number of likely N-dealkylation sites (tertiary alicyclic amines) is 1. The van der Waals surface area contributed by atoms with Crippen LogP contribution < -0.4 is 0 Å². The van der Waals surface area contributed by atoms with Crippen molar-refractivity contribution < 1.29 is 9.32 Å². The lowest BCUT2D eigenvalue weighted by Crippen LogP contribution is -2.37. The molecule has 5 heteroatoms. The number of rotatable bonds is 2. The molecule has 25 heavy (non-hydrogen) atoms. The zero-order valence-electron chi connectivity index (χ0n) is 14.9. The van der Waals surface area contributed by atoms with E-state index in [0.717, 1.165) is 31.4 Å². The van der Waals surface area contributed by atoms with E-state index >= 15 is 0 Å². The molecule has 1 saturated carbocycles. The lowest BCUT2D eigenvalue weighted by atomic mass is 9.65. The maximum Gasteiger partial charge on any atom is 0.276 e. The number of fused-ring (bicyclic) bond motifs is 2. The van der Waals surface area contributed by atoms with Crippen molar-refractivity contribution in [1.82, 2.24) is 10.1 Å². The van der Waals surface area contributed by atoms with Crippen molar-refractivity contribution in [3.8, 4) is 11.3 Å². The summed E-state index contributed by atoms with van der Waals surface area (Å²) < 4.78 is 5.41. The molecule has 0 spiro atoms. The summed E-state index contributed by atoms with van der Waals surface area (Å²) in [6, 6.07) is 9.39. The number of aromatic nitrogens is 1. The van der Waals surface area contributed by atoms with E-state index in [2.05, 4.69) is 25.9 Å². The topological polar surface area (TPSA) is 46.3 Å². The highest BCUT2D eigenvalue weighted by molar-refractivity contribution is 6.30. The third-order valence-corrected chi connectivity index (χ3v) is 5.75. The molecule has 1 saturated heterocycles. The van der Waals surface area contributed by atoms with Crippen molar-refractivity contribution in [1.29, 1.82) is 0 Å². The second-order valence-corrected chi connectivity index (χ2v) is 9.17. The van der Waals surface area contributed by atoms with Crippen LogP contribution >= 0.6 is 11.6 Å². The summed E-state index contributed by atoms with van der Waals surface area (Å²) in [4.78, 5) is 15.0. The predicted octanol–water partition coefficient (Wildman–Crippen LogP) is 5.04. The standard InChI is InChI=1S/C20H23ClN2O2/c1-19(2)9-15-10-20(3,11-19)12-23(15)18(24)16-8-17(25-22-16)13-5-4-6-14(21)7-13/h4-8,15H,9-12H2,1-3H3/t15-,20-/m1/s1. The molecule has 132 valence electrons. The molecule has 1 aromatic carbocycles. The molecule has 0 radical (unpaired) electrons. The Kier molecular flexibility index (Phi) is 3.73. The minimum Gasteiger partial charge on any atom is -0.355 e. The maximum absolute atomic E-state index is 13.0. The van der Waals surface area contributed by atoms with Gasteiger partial charge in [0.2, 0.25) is 0 Å². The third kappa shape index (κ3) is 3.08. The van der Waals surface area contributed by atoms with Crippen molar-refractivity contribution in [2.24, 2.45) is 10.8 Å². The van der Waals surface area contributed by atoms with Crippen LogP contribution in [0.4, 0.5) is 0 Å². The van der Waals surface area contributed by atoms with Gasteiger partial charge in [-0.25, -0.2) is 0 Å². The Hall–Kier alpha value is -1.81. The smallest absolute Gasteiger partial charge is 0.276 e. The zero-order valence-corrected chi connectivity index (χ0v) is 15.6. The summed E-state index contributed by atoms with van der Waals surface area (Å²) in [5.74, 6) is 0.544. The molecule has 2 bridgehead atoms. The van der Waals surface area contributed by atoms with Gasteiger partial charge >= 0.3 is 0 Å². The lowest BCUT2D eigenvalue weighted by Gasteiger charge is -2.39. The fourth-order valence-corrected chi connectivity index (χ4v) is 5.19. The summed E-state index contributed by atoms with van der Waals surface area (Å²) >= 11 is 6.03. The molecule has 1 aliphatic heterocycles. The van der Waals surface area contributed by atoms with E-state index in [-0.39, 0.29) is 16.7 Å². The van der Waals surface area contributed by atoms with Gasteiger partial charge in [0.1, 0.15) is 0 Å². The van der Waals surface area contributed by atoms with Crippen molar-refractivity contribution in [2.45, 2.75) is 46.1 Å². The van der Waals surface area contributed by atoms with Crippen molar-refractivity contribution in [3.05, 3.63) is 41.0 Å². The van der Waals surface area contributed by atoms with Gasteiger partial charge < -0.3 is 9.42 Å². The highest BCUT2D eigenvalue weighted by atomic mass is 35.5. The predicted molar refractivity (Wildman–Crippen MR) is 97.5 cm³/mol. The summed E-state index contributed by atoms with van der Waals surface area (Å²) in [5, 5.41) is 4.66. The number of carbonyl (C=O) groups excluding carboxylic acids is 1. The monoisotopic (exact) mass is 358 g/mol. The zero-order chi connectivity index (χ0) is 17.8. The Bertz CT molecular complexity index is 829. The van der Waals surface area contributed by atoms with Gasteiger partial charge in [-0.3, -0.25) is 4.79 Å². The average Bonchev–Trinajstić information content (AvgIpc) is 3.08. The SMILES string of the molecule is CC1(C)C[C@@H]2C[C@@](C)(CN2C(=O)c2cc(-c3cccc(Cl)c3)on2)C1. The van der Waals surface area contributed by atoms with Gasteiger partial charge in [-0.05, 0) is 42.2 Å². The second-order valence-electron chi connectivity index (χ2n) is 8.73. The quantitative estimate of drug-likeness (QED) is 0.755. The van der Waals surface area contributed by atoms with Crippen molar-refractivity contribution in [2.75, 3.05) is 6.54 Å². The molecule has 1 aromatic heterocycles. The van der Waals surface area contributed by atoms with Crippen LogP contribution in [-0.4, -0.2) is 28.6 Å². The first-order valence-electron chi connectivity index (χ1n) is 8.78. The third-order valence-electron chi connectivity index (χ3n) is 5.51. The number of halogens is 1. The molecule has 4 nitrogen and oxygen atoms in total. The first-order chi connectivity index (χ1) is 11.7. The molecule has 4 rings (SSSR count). The number of amides is 1. The lowest BCUT2D eigenvalue weighted by molar-refractivity contribution is 0.0698. The van der Waals surface area contributed by atoms with E-state index in [4.69, 9.17) is 16.1 Å². The van der Waals surface area contributed by atoms with E-state index in [0.29, 0.717) is 22.5 Å². The van der Waals surface area contributed by atoms with Gasteiger partial charge in [0.15, 0.2) is 11.5 Å². The largest absolute Gasteiger partial charge is 0.355 e. The molecule has 1 aliphatic carbocycles. The Morgan fingerprint density at radius 3 is 2.84 bits per heavy atom. The van der Waals surface area contributed by atoms with Crippen LogP contribution in [0.1, 0.15) is 50.5 Å². The van der Waals surface area contributed by atoms with Gasteiger partial charge in [-0.1, -0.05) is 49.7 Å². The van der Waals surface area contributed by atoms with E-state index in [9.17, 15) is 4.79 Å². The van der Waals surface area contributed by atoms with Gasteiger partial charge in [-0.15, -0.1) is 0 Å². The summed E-state index contributed by atoms with van der Waals surface area (Å²) in [6.45, 7) is 7.71. The number of hydrogen-bond donors (Lipinski definition) is 0. The Morgan fingerprint density at radius 2 is 2.08 bits per heavy atom. The van der Waals surface area contributed by atoms with E-state index in [1.165, 1.54) is 0 Å². The average molecular weight is 359 g/mol. The normalized spacial score (nSPS) is 27.5. The van der Waals surface area contributed by atoms with Gasteiger partial charge in [0.05, 0.1) is 0 Å². The van der Waals surface area contributed by atoms with E-state index < -0.39 is 0 Å². The van der Waals surface area contributed by atoms with Crippen LogP contribution in [0.25, 0.3) is 11.3 Å². The van der Waals surface area contributed by atoms with Crippen LogP contribution in [-0.2, 0) is 0 Å². The number of nitrogens with zero attached hydrogens (tertiary/aromatic N) is 2. The molecular weight excluding hydrogens is 336 g/mol. The highest BCUT2D eigenvalue weighted by Gasteiger charge is 2.51.